The van der Waals surface area contributed by atoms with Crippen LogP contribution in [0.3, 0.4) is 0 Å². The van der Waals surface area contributed by atoms with Gasteiger partial charge in [-0.3, -0.25) is 9.71 Å². The van der Waals surface area contributed by atoms with E-state index >= 15 is 0 Å². The highest BCUT2D eigenvalue weighted by Crippen LogP contribution is 2.42. The molecule has 1 aliphatic rings. The van der Waals surface area contributed by atoms with Crippen LogP contribution < -0.4 is 14.9 Å². The maximum absolute atomic E-state index is 12.2. The Balaban J connectivity index is 1.61. The Morgan fingerprint density at radius 1 is 1.03 bits per heavy atom. The van der Waals surface area contributed by atoms with Gasteiger partial charge >= 0.3 is 5.97 Å². The van der Waals surface area contributed by atoms with E-state index in [-0.39, 0.29) is 12.1 Å². The number of sulfonamides is 1. The first-order valence-electron chi connectivity index (χ1n) is 11.7. The van der Waals surface area contributed by atoms with Gasteiger partial charge < -0.3 is 19.5 Å². The second-order valence-corrected chi connectivity index (χ2v) is 10.9. The van der Waals surface area contributed by atoms with Crippen LogP contribution in [0, 0.1) is 0 Å². The van der Waals surface area contributed by atoms with E-state index in [2.05, 4.69) is 15.0 Å². The topological polar surface area (TPSA) is 106 Å². The van der Waals surface area contributed by atoms with Gasteiger partial charge in [0.1, 0.15) is 6.04 Å². The second kappa shape index (κ2) is 10.3. The third-order valence-corrected chi connectivity index (χ3v) is 7.10. The molecule has 194 valence electrons. The third kappa shape index (κ3) is 5.11. The highest BCUT2D eigenvalue weighted by atomic mass is 32.2. The van der Waals surface area contributed by atoms with E-state index in [1.54, 1.807) is 30.5 Å². The number of carbonyl (C=O) groups is 1. The van der Waals surface area contributed by atoms with Crippen LogP contribution in [0.25, 0.3) is 5.69 Å². The first-order chi connectivity index (χ1) is 18.2. The minimum Gasteiger partial charge on any atom is -0.465 e. The minimum atomic E-state index is -3.41. The number of anilines is 2. The third-order valence-electron chi connectivity index (χ3n) is 6.18. The molecule has 1 fully saturated rings. The molecule has 0 unspecified atom stereocenters. The number of methoxy groups -OCH3 is 1. The smallest absolute Gasteiger partial charge is 0.337 e. The molecule has 11 heteroatoms. The van der Waals surface area contributed by atoms with Crippen molar-refractivity contribution in [3.05, 3.63) is 108 Å². The Bertz CT molecular complexity index is 1590. The van der Waals surface area contributed by atoms with Crippen molar-refractivity contribution in [3.8, 4) is 5.69 Å². The van der Waals surface area contributed by atoms with Gasteiger partial charge in [0.15, 0.2) is 5.11 Å². The van der Waals surface area contributed by atoms with Crippen LogP contribution in [0.1, 0.15) is 33.8 Å². The Hall–Kier alpha value is -4.22. The number of hydrogen-bond donors (Lipinski definition) is 2. The van der Waals surface area contributed by atoms with Crippen LogP contribution >= 0.6 is 12.2 Å². The summed E-state index contributed by atoms with van der Waals surface area (Å²) >= 11 is 5.81. The molecule has 0 amide bonds. The number of rotatable bonds is 7. The molecule has 3 heterocycles. The highest BCUT2D eigenvalue weighted by Gasteiger charge is 2.42. The van der Waals surface area contributed by atoms with Crippen LogP contribution in [-0.4, -0.2) is 42.4 Å². The zero-order chi connectivity index (χ0) is 26.9. The monoisotopic (exact) mass is 547 g/mol. The van der Waals surface area contributed by atoms with Crippen LogP contribution in [0.5, 0.6) is 0 Å². The van der Waals surface area contributed by atoms with Crippen molar-refractivity contribution >= 4 is 44.7 Å². The molecular formula is C27H25N5O4S2. The maximum atomic E-state index is 12.2. The van der Waals surface area contributed by atoms with Gasteiger partial charge in [0.05, 0.1) is 30.7 Å². The number of aromatic nitrogens is 2. The second-order valence-electron chi connectivity index (χ2n) is 8.76. The molecular weight excluding hydrogens is 522 g/mol. The first-order valence-corrected chi connectivity index (χ1v) is 14.0. The van der Waals surface area contributed by atoms with E-state index in [9.17, 15) is 13.2 Å². The fourth-order valence-electron chi connectivity index (χ4n) is 4.61. The molecule has 4 aromatic rings. The summed E-state index contributed by atoms with van der Waals surface area (Å²) in [4.78, 5) is 18.8. The van der Waals surface area contributed by atoms with E-state index < -0.39 is 16.0 Å². The van der Waals surface area contributed by atoms with Gasteiger partial charge in [0, 0.05) is 35.1 Å². The Kier molecular flexibility index (Phi) is 6.87. The van der Waals surface area contributed by atoms with Crippen molar-refractivity contribution in [2.24, 2.45) is 0 Å². The zero-order valence-corrected chi connectivity index (χ0v) is 22.2. The SMILES string of the molecule is COC(=O)c1cccc(-n2cccc2[C@H]2[C@@H](c3ccccn3)NC(=S)N2c2ccc(NS(C)(=O)=O)cc2)c1. The molecule has 0 saturated carbocycles. The average Bonchev–Trinajstić information content (AvgIpc) is 3.53. The molecule has 2 aromatic carbocycles. The summed E-state index contributed by atoms with van der Waals surface area (Å²) in [5.41, 5.74) is 4.19. The van der Waals surface area contributed by atoms with E-state index in [1.807, 2.05) is 70.3 Å². The standard InChI is InChI=1S/C27H25N5O4S2/c1-36-26(33)18-7-5-8-21(17-18)31-16-6-10-23(31)25-24(22-9-3-4-15-28-22)29-27(37)32(25)20-13-11-19(12-14-20)30-38(2,34)35/h3-17,24-25,30H,1-2H3,(H,29,37)/t24-,25+/m1/s1. The molecule has 0 aliphatic carbocycles. The number of esters is 1. The van der Waals surface area contributed by atoms with Crippen molar-refractivity contribution in [2.75, 3.05) is 23.0 Å². The maximum Gasteiger partial charge on any atom is 0.337 e. The quantitative estimate of drug-likeness (QED) is 0.262. The number of hydrogen-bond acceptors (Lipinski definition) is 6. The fraction of sp³-hybridized carbons (Fsp3) is 0.148. The summed E-state index contributed by atoms with van der Waals surface area (Å²) in [5.74, 6) is -0.417. The van der Waals surface area contributed by atoms with Crippen molar-refractivity contribution in [1.82, 2.24) is 14.9 Å². The van der Waals surface area contributed by atoms with Gasteiger partial charge in [-0.2, -0.15) is 0 Å². The molecule has 2 atom stereocenters. The molecule has 0 bridgehead atoms. The summed E-state index contributed by atoms with van der Waals surface area (Å²) in [6, 6.07) is 23.3. The number of pyridine rings is 1. The molecule has 0 radical (unpaired) electrons. The van der Waals surface area contributed by atoms with E-state index in [4.69, 9.17) is 17.0 Å². The summed E-state index contributed by atoms with van der Waals surface area (Å²) < 4.78 is 32.7. The Morgan fingerprint density at radius 3 is 2.50 bits per heavy atom. The van der Waals surface area contributed by atoms with Gasteiger partial charge in [-0.05, 0) is 78.9 Å². The molecule has 1 saturated heterocycles. The fourth-order valence-corrected chi connectivity index (χ4v) is 5.52. The minimum absolute atomic E-state index is 0.282. The predicted octanol–water partition coefficient (Wildman–Crippen LogP) is 4.21. The average molecular weight is 548 g/mol. The summed E-state index contributed by atoms with van der Waals surface area (Å²) in [7, 11) is -2.05. The summed E-state index contributed by atoms with van der Waals surface area (Å²) in [6.45, 7) is 0. The lowest BCUT2D eigenvalue weighted by atomic mass is 10.0. The lowest BCUT2D eigenvalue weighted by Gasteiger charge is -2.29. The van der Waals surface area contributed by atoms with Crippen LogP contribution in [0.2, 0.25) is 0 Å². The van der Waals surface area contributed by atoms with Gasteiger partial charge in [0.25, 0.3) is 0 Å². The van der Waals surface area contributed by atoms with Crippen molar-refractivity contribution < 1.29 is 17.9 Å². The number of thiocarbonyl (C=S) groups is 1. The number of nitrogens with zero attached hydrogens (tertiary/aromatic N) is 3. The summed E-state index contributed by atoms with van der Waals surface area (Å²) in [5, 5.41) is 3.93. The van der Waals surface area contributed by atoms with E-state index in [1.165, 1.54) is 7.11 Å². The first kappa shape index (κ1) is 25.4. The molecule has 1 aliphatic heterocycles. The molecule has 5 rings (SSSR count). The molecule has 0 spiro atoms. The number of ether oxygens (including phenoxy) is 1. The molecule has 2 N–H and O–H groups in total. The van der Waals surface area contributed by atoms with Crippen molar-refractivity contribution in [1.29, 1.82) is 0 Å². The molecule has 9 nitrogen and oxygen atoms in total. The Morgan fingerprint density at radius 2 is 1.82 bits per heavy atom. The predicted molar refractivity (Wildman–Crippen MR) is 150 cm³/mol. The number of benzene rings is 2. The van der Waals surface area contributed by atoms with E-state index in [0.29, 0.717) is 16.4 Å². The largest absolute Gasteiger partial charge is 0.465 e. The van der Waals surface area contributed by atoms with Gasteiger partial charge in [-0.1, -0.05) is 12.1 Å². The molecule has 2 aromatic heterocycles. The normalized spacial score (nSPS) is 17.2. The van der Waals surface area contributed by atoms with Crippen molar-refractivity contribution in [3.63, 3.8) is 0 Å². The summed E-state index contributed by atoms with van der Waals surface area (Å²) in [6.07, 6.45) is 4.78. The lowest BCUT2D eigenvalue weighted by molar-refractivity contribution is 0.0600. The van der Waals surface area contributed by atoms with Crippen molar-refractivity contribution in [2.45, 2.75) is 12.1 Å². The van der Waals surface area contributed by atoms with Crippen LogP contribution in [-0.2, 0) is 14.8 Å². The molecule has 38 heavy (non-hydrogen) atoms. The highest BCUT2D eigenvalue weighted by molar-refractivity contribution is 7.92. The number of carbonyl (C=O) groups excluding carboxylic acids is 1. The van der Waals surface area contributed by atoms with Gasteiger partial charge in [-0.15, -0.1) is 0 Å². The lowest BCUT2D eigenvalue weighted by Crippen LogP contribution is -2.30. The Labute approximate surface area is 226 Å². The van der Waals surface area contributed by atoms with E-state index in [0.717, 1.165) is 29.0 Å². The number of nitrogens with one attached hydrogen (secondary N) is 2. The van der Waals surface area contributed by atoms with Crippen LogP contribution in [0.15, 0.2) is 91.3 Å². The zero-order valence-electron chi connectivity index (χ0n) is 20.6. The van der Waals surface area contributed by atoms with Gasteiger partial charge in [0.2, 0.25) is 10.0 Å². The van der Waals surface area contributed by atoms with Gasteiger partial charge in [-0.25, -0.2) is 13.2 Å². The van der Waals surface area contributed by atoms with Crippen LogP contribution in [0.4, 0.5) is 11.4 Å².